The third-order valence-corrected chi connectivity index (χ3v) is 3.39. The van der Waals surface area contributed by atoms with E-state index in [9.17, 15) is 0 Å². The van der Waals surface area contributed by atoms with Gasteiger partial charge in [-0.3, -0.25) is 15.2 Å². The first-order chi connectivity index (χ1) is 9.65. The molecule has 0 aliphatic rings. The molecule has 0 aromatic carbocycles. The zero-order valence-electron chi connectivity index (χ0n) is 12.4. The maximum atomic E-state index is 5.79. The van der Waals surface area contributed by atoms with E-state index in [0.29, 0.717) is 0 Å². The highest BCUT2D eigenvalue weighted by Gasteiger charge is 2.25. The van der Waals surface area contributed by atoms with Gasteiger partial charge in [-0.2, -0.15) is 10.2 Å². The highest BCUT2D eigenvalue weighted by molar-refractivity contribution is 5.37. The number of hydrogen-bond donors (Lipinski definition) is 2. The molecular formula is C13H22N6O. The lowest BCUT2D eigenvalue weighted by Gasteiger charge is -2.18. The SMILES string of the molecule is CCc1nn(C)cc1C(NN)c1c(OC)cnn1CC. The van der Waals surface area contributed by atoms with Gasteiger partial charge in [-0.05, 0) is 13.3 Å². The predicted molar refractivity (Wildman–Crippen MR) is 76.2 cm³/mol. The number of nitrogens with two attached hydrogens (primary N) is 1. The van der Waals surface area contributed by atoms with E-state index < -0.39 is 0 Å². The topological polar surface area (TPSA) is 82.9 Å². The van der Waals surface area contributed by atoms with Crippen molar-refractivity contribution in [2.45, 2.75) is 32.9 Å². The van der Waals surface area contributed by atoms with Crippen molar-refractivity contribution < 1.29 is 4.74 Å². The largest absolute Gasteiger partial charge is 0.493 e. The minimum absolute atomic E-state index is 0.198. The molecule has 7 heteroatoms. The van der Waals surface area contributed by atoms with Gasteiger partial charge < -0.3 is 4.74 Å². The molecule has 2 heterocycles. The molecule has 2 aromatic heterocycles. The Bertz CT molecular complexity index is 552. The van der Waals surface area contributed by atoms with Crippen LogP contribution in [-0.4, -0.2) is 26.7 Å². The van der Waals surface area contributed by atoms with Crippen LogP contribution in [0, 0.1) is 0 Å². The molecular weight excluding hydrogens is 256 g/mol. The summed E-state index contributed by atoms with van der Waals surface area (Å²) in [6.07, 6.45) is 4.54. The van der Waals surface area contributed by atoms with Crippen LogP contribution in [0.4, 0.5) is 0 Å². The van der Waals surface area contributed by atoms with Gasteiger partial charge in [0.25, 0.3) is 0 Å². The molecule has 0 amide bonds. The second-order valence-electron chi connectivity index (χ2n) is 4.57. The molecule has 0 bridgehead atoms. The molecule has 0 saturated heterocycles. The Balaban J connectivity index is 2.54. The second-order valence-corrected chi connectivity index (χ2v) is 4.57. The Labute approximate surface area is 118 Å². The number of methoxy groups -OCH3 is 1. The second kappa shape index (κ2) is 6.06. The molecule has 2 rings (SSSR count). The van der Waals surface area contributed by atoms with E-state index in [1.54, 1.807) is 18.0 Å². The van der Waals surface area contributed by atoms with Crippen LogP contribution in [-0.2, 0) is 20.0 Å². The fraction of sp³-hybridized carbons (Fsp3) is 0.538. The number of aryl methyl sites for hydroxylation is 3. The van der Waals surface area contributed by atoms with Crippen LogP contribution in [0.5, 0.6) is 5.75 Å². The van der Waals surface area contributed by atoms with Crippen molar-refractivity contribution in [2.24, 2.45) is 12.9 Å². The van der Waals surface area contributed by atoms with Crippen LogP contribution in [0.25, 0.3) is 0 Å². The summed E-state index contributed by atoms with van der Waals surface area (Å²) in [5.74, 6) is 6.52. The van der Waals surface area contributed by atoms with Crippen LogP contribution in [0.15, 0.2) is 12.4 Å². The van der Waals surface area contributed by atoms with Gasteiger partial charge >= 0.3 is 0 Å². The average Bonchev–Trinajstić information content (AvgIpc) is 3.03. The summed E-state index contributed by atoms with van der Waals surface area (Å²) in [5.41, 5.74) is 5.84. The van der Waals surface area contributed by atoms with E-state index >= 15 is 0 Å². The van der Waals surface area contributed by atoms with E-state index in [1.165, 1.54) is 0 Å². The number of rotatable bonds is 6. The summed E-state index contributed by atoms with van der Waals surface area (Å²) < 4.78 is 9.09. The summed E-state index contributed by atoms with van der Waals surface area (Å²) in [6.45, 7) is 4.86. The summed E-state index contributed by atoms with van der Waals surface area (Å²) >= 11 is 0. The lowest BCUT2D eigenvalue weighted by Crippen LogP contribution is -2.31. The minimum atomic E-state index is -0.198. The molecule has 20 heavy (non-hydrogen) atoms. The van der Waals surface area contributed by atoms with E-state index in [-0.39, 0.29) is 6.04 Å². The Morgan fingerprint density at radius 3 is 2.75 bits per heavy atom. The number of ether oxygens (including phenoxy) is 1. The van der Waals surface area contributed by atoms with E-state index in [1.807, 2.05) is 24.9 Å². The lowest BCUT2D eigenvalue weighted by atomic mass is 10.0. The standard InChI is InChI=1S/C13H22N6O/c1-5-10-9(8-18(3)17-10)12(16-14)13-11(20-4)7-15-19(13)6-2/h7-8,12,16H,5-6,14H2,1-4H3. The van der Waals surface area contributed by atoms with Gasteiger partial charge in [-0.15, -0.1) is 0 Å². The fourth-order valence-electron chi connectivity index (χ4n) is 2.46. The Morgan fingerprint density at radius 1 is 1.45 bits per heavy atom. The van der Waals surface area contributed by atoms with Gasteiger partial charge in [0.1, 0.15) is 5.69 Å². The summed E-state index contributed by atoms with van der Waals surface area (Å²) in [7, 11) is 3.54. The number of aromatic nitrogens is 4. The number of nitrogens with zero attached hydrogens (tertiary/aromatic N) is 4. The van der Waals surface area contributed by atoms with E-state index in [0.717, 1.165) is 35.7 Å². The van der Waals surface area contributed by atoms with Crippen LogP contribution >= 0.6 is 0 Å². The van der Waals surface area contributed by atoms with Crippen molar-refractivity contribution in [3.8, 4) is 5.75 Å². The lowest BCUT2D eigenvalue weighted by molar-refractivity contribution is 0.399. The zero-order valence-corrected chi connectivity index (χ0v) is 12.4. The highest BCUT2D eigenvalue weighted by Crippen LogP contribution is 2.31. The molecule has 1 atom stereocenters. The quantitative estimate of drug-likeness (QED) is 0.602. The Hall–Kier alpha value is -1.86. The molecule has 110 valence electrons. The first-order valence-corrected chi connectivity index (χ1v) is 6.74. The van der Waals surface area contributed by atoms with Crippen molar-refractivity contribution in [2.75, 3.05) is 7.11 Å². The summed E-state index contributed by atoms with van der Waals surface area (Å²) in [6, 6.07) is -0.198. The van der Waals surface area contributed by atoms with Gasteiger partial charge in [0.2, 0.25) is 0 Å². The van der Waals surface area contributed by atoms with E-state index in [2.05, 4.69) is 22.5 Å². The first-order valence-electron chi connectivity index (χ1n) is 6.74. The number of hydrogen-bond acceptors (Lipinski definition) is 5. The average molecular weight is 278 g/mol. The molecule has 0 fully saturated rings. The third-order valence-electron chi connectivity index (χ3n) is 3.39. The molecule has 2 aromatic rings. The van der Waals surface area contributed by atoms with Crippen LogP contribution in [0.1, 0.15) is 36.8 Å². The van der Waals surface area contributed by atoms with Gasteiger partial charge in [0.05, 0.1) is 25.0 Å². The van der Waals surface area contributed by atoms with Gasteiger partial charge in [0.15, 0.2) is 5.75 Å². The predicted octanol–water partition coefficient (Wildman–Crippen LogP) is 0.760. The number of hydrazine groups is 1. The van der Waals surface area contributed by atoms with Gasteiger partial charge in [-0.1, -0.05) is 6.92 Å². The van der Waals surface area contributed by atoms with Crippen molar-refractivity contribution in [3.63, 3.8) is 0 Å². The molecule has 3 N–H and O–H groups in total. The highest BCUT2D eigenvalue weighted by atomic mass is 16.5. The molecule has 7 nitrogen and oxygen atoms in total. The zero-order chi connectivity index (χ0) is 14.7. The monoisotopic (exact) mass is 278 g/mol. The smallest absolute Gasteiger partial charge is 0.161 e. The molecule has 0 spiro atoms. The fourth-order valence-corrected chi connectivity index (χ4v) is 2.46. The van der Waals surface area contributed by atoms with Crippen molar-refractivity contribution in [1.29, 1.82) is 0 Å². The van der Waals surface area contributed by atoms with Crippen LogP contribution in [0.3, 0.4) is 0 Å². The van der Waals surface area contributed by atoms with Crippen LogP contribution < -0.4 is 16.0 Å². The van der Waals surface area contributed by atoms with Gasteiger partial charge in [-0.25, -0.2) is 5.43 Å². The first kappa shape index (κ1) is 14.5. The summed E-state index contributed by atoms with van der Waals surface area (Å²) in [4.78, 5) is 0. The number of nitrogens with one attached hydrogen (secondary N) is 1. The minimum Gasteiger partial charge on any atom is -0.493 e. The van der Waals surface area contributed by atoms with Crippen molar-refractivity contribution in [3.05, 3.63) is 29.3 Å². The Kier molecular flexibility index (Phi) is 4.41. The molecule has 1 unspecified atom stereocenters. The van der Waals surface area contributed by atoms with Crippen molar-refractivity contribution in [1.82, 2.24) is 25.0 Å². The maximum Gasteiger partial charge on any atom is 0.161 e. The van der Waals surface area contributed by atoms with Crippen LogP contribution in [0.2, 0.25) is 0 Å². The van der Waals surface area contributed by atoms with Gasteiger partial charge in [0, 0.05) is 25.4 Å². The van der Waals surface area contributed by atoms with E-state index in [4.69, 9.17) is 10.6 Å². The Morgan fingerprint density at radius 2 is 2.20 bits per heavy atom. The molecule has 0 saturated carbocycles. The maximum absolute atomic E-state index is 5.79. The normalized spacial score (nSPS) is 12.7. The molecule has 0 radical (unpaired) electrons. The van der Waals surface area contributed by atoms with Crippen molar-refractivity contribution >= 4 is 0 Å². The molecule has 0 aliphatic carbocycles. The summed E-state index contributed by atoms with van der Waals surface area (Å²) in [5, 5.41) is 8.80. The third kappa shape index (κ3) is 2.41. The molecule has 0 aliphatic heterocycles.